The lowest BCUT2D eigenvalue weighted by molar-refractivity contribution is -0.109. The molecule has 0 radical (unpaired) electrons. The van der Waals surface area contributed by atoms with Crippen molar-refractivity contribution in [2.24, 2.45) is 0 Å². The molecule has 1 aliphatic rings. The van der Waals surface area contributed by atoms with Gasteiger partial charge in [0.2, 0.25) is 0 Å². The number of aldehydes is 1. The standard InChI is InChI=1S/C14H19NO.C6H15N/c16-11-9-14-8-4-5-10-15(14)12-13-6-2-1-3-7-13;1-4-7(5-2)6-3/h1-3,6-7,11,14H,4-5,8-10,12H2;4-6H2,1-3H3. The molecule has 1 atom stereocenters. The highest BCUT2D eigenvalue weighted by atomic mass is 16.1. The minimum atomic E-state index is 0.464. The zero-order valence-corrected chi connectivity index (χ0v) is 15.2. The minimum Gasteiger partial charge on any atom is -0.304 e. The van der Waals surface area contributed by atoms with Gasteiger partial charge in [0.15, 0.2) is 0 Å². The molecule has 1 unspecified atom stereocenters. The summed E-state index contributed by atoms with van der Waals surface area (Å²) in [6.07, 6.45) is 5.46. The summed E-state index contributed by atoms with van der Waals surface area (Å²) in [5.41, 5.74) is 1.35. The van der Waals surface area contributed by atoms with E-state index in [2.05, 4.69) is 54.8 Å². The monoisotopic (exact) mass is 318 g/mol. The Hall–Kier alpha value is -1.19. The number of piperidine rings is 1. The molecule has 1 heterocycles. The van der Waals surface area contributed by atoms with Crippen LogP contribution >= 0.6 is 0 Å². The lowest BCUT2D eigenvalue weighted by Crippen LogP contribution is -2.39. The van der Waals surface area contributed by atoms with Gasteiger partial charge in [0.25, 0.3) is 0 Å². The first-order valence-electron chi connectivity index (χ1n) is 9.19. The summed E-state index contributed by atoms with van der Waals surface area (Å²) >= 11 is 0. The van der Waals surface area contributed by atoms with Gasteiger partial charge >= 0.3 is 0 Å². The maximum absolute atomic E-state index is 10.6. The van der Waals surface area contributed by atoms with E-state index in [9.17, 15) is 4.79 Å². The van der Waals surface area contributed by atoms with Crippen molar-refractivity contribution in [3.63, 3.8) is 0 Å². The molecule has 0 N–H and O–H groups in total. The van der Waals surface area contributed by atoms with Crippen LogP contribution in [0.15, 0.2) is 30.3 Å². The molecule has 0 aromatic heterocycles. The third-order valence-corrected chi connectivity index (χ3v) is 4.69. The van der Waals surface area contributed by atoms with Crippen LogP contribution in [0.25, 0.3) is 0 Å². The molecular formula is C20H34N2O. The molecular weight excluding hydrogens is 284 g/mol. The van der Waals surface area contributed by atoms with Gasteiger partial charge in [-0.05, 0) is 44.6 Å². The van der Waals surface area contributed by atoms with Crippen LogP contribution in [-0.2, 0) is 11.3 Å². The Kier molecular flexibility index (Phi) is 10.6. The zero-order chi connectivity index (χ0) is 16.9. The predicted molar refractivity (Wildman–Crippen MR) is 98.6 cm³/mol. The Balaban J connectivity index is 0.000000322. The van der Waals surface area contributed by atoms with Crippen LogP contribution in [-0.4, -0.2) is 48.3 Å². The third-order valence-electron chi connectivity index (χ3n) is 4.69. The molecule has 3 heteroatoms. The van der Waals surface area contributed by atoms with Gasteiger partial charge in [-0.1, -0.05) is 57.5 Å². The molecule has 1 saturated heterocycles. The lowest BCUT2D eigenvalue weighted by Gasteiger charge is -2.34. The number of likely N-dealkylation sites (tertiary alicyclic amines) is 1. The van der Waals surface area contributed by atoms with Gasteiger partial charge in [-0.15, -0.1) is 0 Å². The highest BCUT2D eigenvalue weighted by molar-refractivity contribution is 5.50. The molecule has 0 spiro atoms. The Morgan fingerprint density at radius 2 is 1.74 bits per heavy atom. The maximum Gasteiger partial charge on any atom is 0.121 e. The van der Waals surface area contributed by atoms with Crippen LogP contribution in [0.5, 0.6) is 0 Å². The number of hydrogen-bond acceptors (Lipinski definition) is 3. The van der Waals surface area contributed by atoms with Crippen molar-refractivity contribution in [1.29, 1.82) is 0 Å². The topological polar surface area (TPSA) is 23.6 Å². The summed E-state index contributed by atoms with van der Waals surface area (Å²) in [7, 11) is 0. The average Bonchev–Trinajstić information content (AvgIpc) is 2.60. The first-order valence-corrected chi connectivity index (χ1v) is 9.19. The fraction of sp³-hybridized carbons (Fsp3) is 0.650. The Morgan fingerprint density at radius 3 is 2.26 bits per heavy atom. The fourth-order valence-corrected chi connectivity index (χ4v) is 3.13. The lowest BCUT2D eigenvalue weighted by atomic mass is 9.99. The van der Waals surface area contributed by atoms with E-state index in [1.54, 1.807) is 0 Å². The van der Waals surface area contributed by atoms with Crippen molar-refractivity contribution < 1.29 is 4.79 Å². The SMILES string of the molecule is CCN(CC)CC.O=CCC1CCCCN1Cc1ccccc1. The first-order chi connectivity index (χ1) is 11.2. The Labute approximate surface area is 142 Å². The van der Waals surface area contributed by atoms with E-state index in [4.69, 9.17) is 0 Å². The van der Waals surface area contributed by atoms with Gasteiger partial charge in [-0.25, -0.2) is 0 Å². The number of carbonyl (C=O) groups is 1. The largest absolute Gasteiger partial charge is 0.304 e. The summed E-state index contributed by atoms with van der Waals surface area (Å²) < 4.78 is 0. The smallest absolute Gasteiger partial charge is 0.121 e. The molecule has 23 heavy (non-hydrogen) atoms. The summed E-state index contributed by atoms with van der Waals surface area (Å²) in [4.78, 5) is 15.5. The zero-order valence-electron chi connectivity index (χ0n) is 15.2. The van der Waals surface area contributed by atoms with Crippen molar-refractivity contribution in [2.45, 2.75) is 59.0 Å². The molecule has 130 valence electrons. The molecule has 1 fully saturated rings. The van der Waals surface area contributed by atoms with Crippen LogP contribution in [0.4, 0.5) is 0 Å². The highest BCUT2D eigenvalue weighted by Crippen LogP contribution is 2.21. The summed E-state index contributed by atoms with van der Waals surface area (Å²) in [6, 6.07) is 11.0. The van der Waals surface area contributed by atoms with Crippen molar-refractivity contribution >= 4 is 6.29 Å². The molecule has 1 aliphatic heterocycles. The Bertz CT molecular complexity index is 398. The van der Waals surface area contributed by atoms with Crippen molar-refractivity contribution in [2.75, 3.05) is 26.2 Å². The number of nitrogens with zero attached hydrogens (tertiary/aromatic N) is 2. The number of carbonyl (C=O) groups excluding carboxylic acids is 1. The summed E-state index contributed by atoms with van der Waals surface area (Å²) in [5.74, 6) is 0. The quantitative estimate of drug-likeness (QED) is 0.711. The van der Waals surface area contributed by atoms with Crippen LogP contribution in [0.3, 0.4) is 0 Å². The van der Waals surface area contributed by atoms with E-state index in [0.29, 0.717) is 12.5 Å². The van der Waals surface area contributed by atoms with Crippen LogP contribution in [0, 0.1) is 0 Å². The average molecular weight is 319 g/mol. The van der Waals surface area contributed by atoms with Gasteiger partial charge in [0.05, 0.1) is 0 Å². The van der Waals surface area contributed by atoms with E-state index in [1.807, 2.05) is 6.07 Å². The van der Waals surface area contributed by atoms with E-state index in [-0.39, 0.29) is 0 Å². The first kappa shape index (κ1) is 19.9. The number of benzene rings is 1. The highest BCUT2D eigenvalue weighted by Gasteiger charge is 2.21. The Morgan fingerprint density at radius 1 is 1.09 bits per heavy atom. The second kappa shape index (κ2) is 12.3. The van der Waals surface area contributed by atoms with E-state index < -0.39 is 0 Å². The van der Waals surface area contributed by atoms with E-state index >= 15 is 0 Å². The van der Waals surface area contributed by atoms with Crippen LogP contribution < -0.4 is 0 Å². The van der Waals surface area contributed by atoms with Crippen LogP contribution in [0.1, 0.15) is 52.0 Å². The summed E-state index contributed by atoms with van der Waals surface area (Å²) in [6.45, 7) is 12.2. The number of hydrogen-bond donors (Lipinski definition) is 0. The fourth-order valence-electron chi connectivity index (χ4n) is 3.13. The summed E-state index contributed by atoms with van der Waals surface area (Å²) in [5, 5.41) is 0. The van der Waals surface area contributed by atoms with Crippen molar-refractivity contribution in [3.8, 4) is 0 Å². The van der Waals surface area contributed by atoms with Crippen molar-refractivity contribution in [3.05, 3.63) is 35.9 Å². The molecule has 0 bridgehead atoms. The number of rotatable bonds is 7. The molecule has 1 aromatic rings. The molecule has 3 nitrogen and oxygen atoms in total. The van der Waals surface area contributed by atoms with E-state index in [0.717, 1.165) is 19.4 Å². The molecule has 2 rings (SSSR count). The molecule has 0 saturated carbocycles. The third kappa shape index (κ3) is 7.76. The second-order valence-corrected chi connectivity index (χ2v) is 6.13. The second-order valence-electron chi connectivity index (χ2n) is 6.13. The minimum absolute atomic E-state index is 0.464. The van der Waals surface area contributed by atoms with Gasteiger partial charge < -0.3 is 9.69 Å². The van der Waals surface area contributed by atoms with Gasteiger partial charge in [0, 0.05) is 19.0 Å². The maximum atomic E-state index is 10.6. The van der Waals surface area contributed by atoms with Gasteiger partial charge in [0.1, 0.15) is 6.29 Å². The van der Waals surface area contributed by atoms with Crippen LogP contribution in [0.2, 0.25) is 0 Å². The molecule has 0 amide bonds. The van der Waals surface area contributed by atoms with Gasteiger partial charge in [-0.3, -0.25) is 4.90 Å². The predicted octanol–water partition coefficient (Wildman–Crippen LogP) is 3.98. The normalized spacial score (nSPS) is 18.3. The van der Waals surface area contributed by atoms with E-state index in [1.165, 1.54) is 44.5 Å². The van der Waals surface area contributed by atoms with Gasteiger partial charge in [-0.2, -0.15) is 0 Å². The molecule has 0 aliphatic carbocycles. The molecule has 1 aromatic carbocycles. The van der Waals surface area contributed by atoms with Crippen molar-refractivity contribution in [1.82, 2.24) is 9.80 Å².